The maximum Gasteiger partial charge on any atom is 0.303 e. The summed E-state index contributed by atoms with van der Waals surface area (Å²) in [5, 5.41) is 0. The highest BCUT2D eigenvalue weighted by atomic mass is 16.6. The second-order valence-electron chi connectivity index (χ2n) is 10.1. The lowest BCUT2D eigenvalue weighted by Crippen LogP contribution is -2.21. The average Bonchev–Trinajstić information content (AvgIpc) is 2.93. The van der Waals surface area contributed by atoms with E-state index in [1.165, 1.54) is 31.5 Å². The molecule has 0 spiro atoms. The first-order chi connectivity index (χ1) is 19.1. The Bertz CT molecular complexity index is 1040. The number of rotatable bonds is 9. The van der Waals surface area contributed by atoms with Crippen LogP contribution in [0.15, 0.2) is 72.8 Å². The van der Waals surface area contributed by atoms with Gasteiger partial charge in [-0.15, -0.1) is 0 Å². The second-order valence-corrected chi connectivity index (χ2v) is 10.1. The molecule has 2 N–H and O–H groups in total. The number of nitrogens with two attached hydrogens (primary N) is 1. The molecule has 0 saturated carbocycles. The lowest BCUT2D eigenvalue weighted by molar-refractivity contribution is -0.151. The van der Waals surface area contributed by atoms with Crippen LogP contribution >= 0.6 is 0 Å². The van der Waals surface area contributed by atoms with E-state index in [0.717, 1.165) is 41.9 Å². The molecule has 0 aliphatic heterocycles. The fraction of sp³-hybridized carbons (Fsp3) is 0.457. The predicted octanol–water partition coefficient (Wildman–Crippen LogP) is 8.70. The summed E-state index contributed by atoms with van der Waals surface area (Å²) in [6.07, 6.45) is 4.32. The summed E-state index contributed by atoms with van der Waals surface area (Å²) in [7, 11) is 1.50. The van der Waals surface area contributed by atoms with Crippen LogP contribution in [0, 0.1) is 0 Å². The monoisotopic (exact) mass is 551 g/mol. The fourth-order valence-electron chi connectivity index (χ4n) is 3.67. The Morgan fingerprint density at radius 1 is 0.750 bits per heavy atom. The molecule has 0 saturated heterocycles. The van der Waals surface area contributed by atoms with E-state index >= 15 is 0 Å². The normalized spacial score (nSPS) is 9.95. The smallest absolute Gasteiger partial charge is 0.303 e. The minimum Gasteiger partial charge on any atom is -0.485 e. The Balaban J connectivity index is 0.000000987. The van der Waals surface area contributed by atoms with Gasteiger partial charge in [0, 0.05) is 12.5 Å². The van der Waals surface area contributed by atoms with Crippen molar-refractivity contribution in [3.8, 4) is 11.5 Å². The molecule has 3 aromatic rings. The molecule has 5 nitrogen and oxygen atoms in total. The molecule has 0 aromatic heterocycles. The third-order valence-corrected chi connectivity index (χ3v) is 5.12. The van der Waals surface area contributed by atoms with Gasteiger partial charge in [-0.3, -0.25) is 4.79 Å². The largest absolute Gasteiger partial charge is 0.485 e. The van der Waals surface area contributed by atoms with Gasteiger partial charge in [0.2, 0.25) is 0 Å². The number of hydrogen-bond acceptors (Lipinski definition) is 5. The molecule has 0 bridgehead atoms. The highest BCUT2D eigenvalue weighted by Gasteiger charge is 2.15. The van der Waals surface area contributed by atoms with E-state index in [1.54, 1.807) is 0 Å². The molecule has 222 valence electrons. The highest BCUT2D eigenvalue weighted by molar-refractivity contribution is 5.66. The van der Waals surface area contributed by atoms with Gasteiger partial charge in [0.1, 0.15) is 18.8 Å². The van der Waals surface area contributed by atoms with Crippen molar-refractivity contribution in [2.75, 3.05) is 7.05 Å². The molecule has 3 rings (SSSR count). The maximum atomic E-state index is 10.2. The summed E-state index contributed by atoms with van der Waals surface area (Å²) in [6, 6.07) is 24.8. The van der Waals surface area contributed by atoms with Gasteiger partial charge >= 0.3 is 5.97 Å². The third kappa shape index (κ3) is 15.9. The molecule has 0 heterocycles. The van der Waals surface area contributed by atoms with E-state index in [1.807, 2.05) is 57.2 Å². The van der Waals surface area contributed by atoms with Crippen molar-refractivity contribution >= 4 is 5.97 Å². The second kappa shape index (κ2) is 21.5. The van der Waals surface area contributed by atoms with E-state index in [4.69, 9.17) is 14.2 Å². The number of carbonyl (C=O) groups excluding carboxylic acids is 1. The molecule has 0 aliphatic rings. The molecule has 0 atom stereocenters. The standard InChI is InChI=1S/C25H28O2.C6H12O2.C3H8.CH5N/c1-3-11-23-22(4-2)16-17-24(26-18-20-12-7-5-8-13-20)25(23)27-19-21-14-9-6-10-15-21;1-5(7)8-6(2,3)4;1-3-2;1-2/h5-10,12-17H,3-4,11,18-19H2,1-2H3;1-4H3;3H2,1-2H3;2H2,1H3. The summed E-state index contributed by atoms with van der Waals surface area (Å²) < 4.78 is 17.3. The van der Waals surface area contributed by atoms with Crippen LogP contribution in [0.25, 0.3) is 0 Å². The molecule has 0 amide bonds. The van der Waals surface area contributed by atoms with Crippen LogP contribution in [0.4, 0.5) is 0 Å². The third-order valence-electron chi connectivity index (χ3n) is 5.12. The van der Waals surface area contributed by atoms with Crippen molar-refractivity contribution in [3.05, 3.63) is 95.1 Å². The van der Waals surface area contributed by atoms with E-state index < -0.39 is 0 Å². The van der Waals surface area contributed by atoms with E-state index in [9.17, 15) is 4.79 Å². The molecule has 0 radical (unpaired) electrons. The predicted molar refractivity (Wildman–Crippen MR) is 169 cm³/mol. The number of ether oxygens (including phenoxy) is 3. The van der Waals surface area contributed by atoms with Gasteiger partial charge in [0.05, 0.1) is 0 Å². The molecular weight excluding hydrogens is 498 g/mol. The lowest BCUT2D eigenvalue weighted by atomic mass is 9.99. The zero-order valence-electron chi connectivity index (χ0n) is 26.4. The van der Waals surface area contributed by atoms with Crippen LogP contribution in [0.2, 0.25) is 0 Å². The van der Waals surface area contributed by atoms with Gasteiger partial charge in [-0.1, -0.05) is 107 Å². The van der Waals surface area contributed by atoms with Crippen LogP contribution < -0.4 is 15.2 Å². The van der Waals surface area contributed by atoms with Crippen LogP contribution in [0.5, 0.6) is 11.5 Å². The van der Waals surface area contributed by atoms with Gasteiger partial charge in [-0.25, -0.2) is 0 Å². The van der Waals surface area contributed by atoms with Crippen LogP contribution in [-0.4, -0.2) is 18.6 Å². The van der Waals surface area contributed by atoms with Gasteiger partial charge in [-0.05, 0) is 63.4 Å². The summed E-state index contributed by atoms with van der Waals surface area (Å²) in [4.78, 5) is 10.2. The number of aryl methyl sites for hydroxylation is 1. The molecule has 0 fully saturated rings. The minimum absolute atomic E-state index is 0.225. The Morgan fingerprint density at radius 2 is 1.23 bits per heavy atom. The van der Waals surface area contributed by atoms with Crippen molar-refractivity contribution in [3.63, 3.8) is 0 Å². The van der Waals surface area contributed by atoms with Gasteiger partial charge < -0.3 is 19.9 Å². The van der Waals surface area contributed by atoms with Crippen molar-refractivity contribution in [1.29, 1.82) is 0 Å². The zero-order valence-corrected chi connectivity index (χ0v) is 26.4. The van der Waals surface area contributed by atoms with Crippen LogP contribution in [0.3, 0.4) is 0 Å². The molecule has 3 aromatic carbocycles. The fourth-order valence-corrected chi connectivity index (χ4v) is 3.67. The van der Waals surface area contributed by atoms with E-state index in [2.05, 4.69) is 69.8 Å². The Labute approximate surface area is 244 Å². The molecule has 40 heavy (non-hydrogen) atoms. The first-order valence-electron chi connectivity index (χ1n) is 14.4. The lowest BCUT2D eigenvalue weighted by Gasteiger charge is -2.19. The number of benzene rings is 3. The van der Waals surface area contributed by atoms with Gasteiger partial charge in [-0.2, -0.15) is 0 Å². The maximum absolute atomic E-state index is 10.2. The Hall–Kier alpha value is -3.31. The Morgan fingerprint density at radius 3 is 1.60 bits per heavy atom. The topological polar surface area (TPSA) is 70.8 Å². The van der Waals surface area contributed by atoms with Crippen molar-refractivity contribution in [2.45, 2.75) is 99.9 Å². The highest BCUT2D eigenvalue weighted by Crippen LogP contribution is 2.36. The zero-order chi connectivity index (χ0) is 30.4. The summed E-state index contributed by atoms with van der Waals surface area (Å²) in [6.45, 7) is 16.7. The molecular formula is C35H53NO4. The summed E-state index contributed by atoms with van der Waals surface area (Å²) in [5.41, 5.74) is 9.11. The SMILES string of the molecule is CC(=O)OC(C)(C)C.CCC.CCCc1c(CC)ccc(OCc2ccccc2)c1OCc1ccccc1.CN. The van der Waals surface area contributed by atoms with Crippen LogP contribution in [0.1, 0.15) is 90.5 Å². The van der Waals surface area contributed by atoms with Crippen molar-refractivity contribution < 1.29 is 19.0 Å². The molecule has 0 aliphatic carbocycles. The number of esters is 1. The Kier molecular flexibility index (Phi) is 19.7. The van der Waals surface area contributed by atoms with Crippen molar-refractivity contribution in [1.82, 2.24) is 0 Å². The molecule has 5 heteroatoms. The number of carbonyl (C=O) groups is 1. The van der Waals surface area contributed by atoms with Crippen LogP contribution in [-0.2, 0) is 35.6 Å². The van der Waals surface area contributed by atoms with E-state index in [-0.39, 0.29) is 11.6 Å². The first kappa shape index (κ1) is 36.7. The minimum atomic E-state index is -0.328. The average molecular weight is 552 g/mol. The number of hydrogen-bond donors (Lipinski definition) is 1. The van der Waals surface area contributed by atoms with Gasteiger partial charge in [0.25, 0.3) is 0 Å². The van der Waals surface area contributed by atoms with E-state index in [0.29, 0.717) is 13.2 Å². The quantitative estimate of drug-likeness (QED) is 0.269. The van der Waals surface area contributed by atoms with Gasteiger partial charge in [0.15, 0.2) is 11.5 Å². The first-order valence-corrected chi connectivity index (χ1v) is 14.4. The summed E-state index contributed by atoms with van der Waals surface area (Å²) in [5.74, 6) is 1.50. The summed E-state index contributed by atoms with van der Waals surface area (Å²) >= 11 is 0. The van der Waals surface area contributed by atoms with Crippen molar-refractivity contribution in [2.24, 2.45) is 5.73 Å². The molecule has 0 unspecified atom stereocenters.